The number of aryl methyl sites for hydroxylation is 1. The summed E-state index contributed by atoms with van der Waals surface area (Å²) in [6, 6.07) is 16.3. The van der Waals surface area contributed by atoms with E-state index < -0.39 is 0 Å². The van der Waals surface area contributed by atoms with E-state index in [1.165, 1.54) is 12.1 Å². The van der Waals surface area contributed by atoms with Gasteiger partial charge in [0.05, 0.1) is 29.0 Å². The lowest BCUT2D eigenvalue weighted by molar-refractivity contribution is 0.626. The minimum absolute atomic E-state index is 0.271. The molecule has 3 aromatic heterocycles. The molecule has 7 heteroatoms. The van der Waals surface area contributed by atoms with E-state index in [0.29, 0.717) is 12.4 Å². The molecule has 0 aliphatic heterocycles. The number of halogens is 1. The number of pyridine rings is 1. The van der Waals surface area contributed by atoms with Gasteiger partial charge in [0.15, 0.2) is 5.82 Å². The van der Waals surface area contributed by atoms with E-state index in [1.807, 2.05) is 28.9 Å². The van der Waals surface area contributed by atoms with Crippen molar-refractivity contribution in [3.63, 3.8) is 0 Å². The molecule has 0 aliphatic rings. The van der Waals surface area contributed by atoms with Gasteiger partial charge in [-0.3, -0.25) is 0 Å². The Morgan fingerprint density at radius 3 is 2.60 bits per heavy atom. The summed E-state index contributed by atoms with van der Waals surface area (Å²) in [5.74, 6) is 1.13. The summed E-state index contributed by atoms with van der Waals surface area (Å²) < 4.78 is 17.4. The van der Waals surface area contributed by atoms with Crippen LogP contribution in [0, 0.1) is 5.82 Å². The Labute approximate surface area is 172 Å². The number of nitrogens with two attached hydrogens (primary N) is 1. The van der Waals surface area contributed by atoms with E-state index >= 15 is 0 Å². The fraction of sp³-hybridized carbons (Fsp3) is 0.174. The quantitative estimate of drug-likeness (QED) is 0.472. The number of hydrogen-bond acceptors (Lipinski definition) is 4. The van der Waals surface area contributed by atoms with Gasteiger partial charge >= 0.3 is 0 Å². The Morgan fingerprint density at radius 2 is 1.80 bits per heavy atom. The van der Waals surface area contributed by atoms with Crippen LogP contribution in [0.25, 0.3) is 27.6 Å². The zero-order valence-electron chi connectivity index (χ0n) is 16.6. The maximum absolute atomic E-state index is 13.4. The summed E-state index contributed by atoms with van der Waals surface area (Å²) >= 11 is 0. The van der Waals surface area contributed by atoms with Crippen molar-refractivity contribution in [1.29, 1.82) is 0 Å². The first-order valence-electron chi connectivity index (χ1n) is 9.98. The van der Waals surface area contributed by atoms with Gasteiger partial charge in [-0.2, -0.15) is 5.10 Å². The zero-order chi connectivity index (χ0) is 20.7. The van der Waals surface area contributed by atoms with Gasteiger partial charge in [0, 0.05) is 18.0 Å². The van der Waals surface area contributed by atoms with Gasteiger partial charge in [-0.05, 0) is 42.8 Å². The van der Waals surface area contributed by atoms with Crippen LogP contribution in [0.4, 0.5) is 10.2 Å². The fourth-order valence-corrected chi connectivity index (χ4v) is 3.92. The van der Waals surface area contributed by atoms with E-state index in [0.717, 1.165) is 52.0 Å². The largest absolute Gasteiger partial charge is 0.382 e. The molecule has 5 aromatic rings. The van der Waals surface area contributed by atoms with E-state index in [1.54, 1.807) is 18.3 Å². The van der Waals surface area contributed by atoms with Crippen molar-refractivity contribution >= 4 is 27.8 Å². The summed E-state index contributed by atoms with van der Waals surface area (Å²) in [6.45, 7) is 2.70. The summed E-state index contributed by atoms with van der Waals surface area (Å²) in [7, 11) is 0. The zero-order valence-corrected chi connectivity index (χ0v) is 16.6. The third-order valence-corrected chi connectivity index (χ3v) is 5.28. The highest BCUT2D eigenvalue weighted by atomic mass is 19.1. The molecule has 0 saturated heterocycles. The van der Waals surface area contributed by atoms with Gasteiger partial charge in [0.25, 0.3) is 0 Å². The molecule has 6 nitrogen and oxygen atoms in total. The van der Waals surface area contributed by atoms with Gasteiger partial charge < -0.3 is 10.3 Å². The molecule has 0 fully saturated rings. The minimum atomic E-state index is -0.271. The maximum Gasteiger partial charge on any atom is 0.152 e. The Kier molecular flexibility index (Phi) is 4.43. The van der Waals surface area contributed by atoms with Crippen LogP contribution in [0.1, 0.15) is 24.9 Å². The summed E-state index contributed by atoms with van der Waals surface area (Å²) in [5, 5.41) is 5.47. The van der Waals surface area contributed by atoms with Crippen molar-refractivity contribution in [3.8, 4) is 5.69 Å². The lowest BCUT2D eigenvalue weighted by Crippen LogP contribution is -2.10. The second kappa shape index (κ2) is 7.26. The first-order chi connectivity index (χ1) is 14.7. The molecule has 0 aliphatic carbocycles. The SMILES string of the molecule is CCCc1nc2c(N)nc3ccccc3c2n1Cc1ccnn1-c1ccc(F)cc1. The summed E-state index contributed by atoms with van der Waals surface area (Å²) in [4.78, 5) is 9.38. The van der Waals surface area contributed by atoms with Gasteiger partial charge in [0.1, 0.15) is 17.2 Å². The summed E-state index contributed by atoms with van der Waals surface area (Å²) in [6.07, 6.45) is 3.55. The maximum atomic E-state index is 13.4. The lowest BCUT2D eigenvalue weighted by Gasteiger charge is -2.13. The average molecular weight is 400 g/mol. The van der Waals surface area contributed by atoms with Gasteiger partial charge in [-0.15, -0.1) is 0 Å². The van der Waals surface area contributed by atoms with Gasteiger partial charge in [0.2, 0.25) is 0 Å². The van der Waals surface area contributed by atoms with Crippen molar-refractivity contribution < 1.29 is 4.39 Å². The van der Waals surface area contributed by atoms with Crippen molar-refractivity contribution in [2.75, 3.05) is 5.73 Å². The number of aromatic nitrogens is 5. The number of benzene rings is 2. The Bertz CT molecular complexity index is 1350. The predicted octanol–water partition coefficient (Wildman–Crippen LogP) is 4.49. The number of hydrogen-bond donors (Lipinski definition) is 1. The van der Waals surface area contributed by atoms with Crippen molar-refractivity contribution in [2.45, 2.75) is 26.3 Å². The average Bonchev–Trinajstić information content (AvgIpc) is 3.35. The van der Waals surface area contributed by atoms with E-state index in [4.69, 9.17) is 10.7 Å². The highest BCUT2D eigenvalue weighted by molar-refractivity contribution is 6.06. The monoisotopic (exact) mass is 400 g/mol. The van der Waals surface area contributed by atoms with Gasteiger partial charge in [-0.1, -0.05) is 25.1 Å². The Hall–Kier alpha value is -3.74. The summed E-state index contributed by atoms with van der Waals surface area (Å²) in [5.41, 5.74) is 10.6. The van der Waals surface area contributed by atoms with E-state index in [9.17, 15) is 4.39 Å². The number of nitrogen functional groups attached to an aromatic ring is 1. The van der Waals surface area contributed by atoms with Gasteiger partial charge in [-0.25, -0.2) is 19.0 Å². The number of imidazole rings is 1. The normalized spacial score (nSPS) is 11.5. The van der Waals surface area contributed by atoms with E-state index in [2.05, 4.69) is 27.6 Å². The van der Waals surface area contributed by atoms with Crippen LogP contribution < -0.4 is 5.73 Å². The van der Waals surface area contributed by atoms with Crippen LogP contribution in [-0.2, 0) is 13.0 Å². The van der Waals surface area contributed by atoms with Crippen LogP contribution in [0.5, 0.6) is 0 Å². The molecular formula is C23H21FN6. The first kappa shape index (κ1) is 18.3. The second-order valence-electron chi connectivity index (χ2n) is 7.29. The van der Waals surface area contributed by atoms with E-state index in [-0.39, 0.29) is 5.82 Å². The Balaban J connectivity index is 1.71. The fourth-order valence-electron chi connectivity index (χ4n) is 3.92. The minimum Gasteiger partial charge on any atom is -0.382 e. The second-order valence-corrected chi connectivity index (χ2v) is 7.29. The lowest BCUT2D eigenvalue weighted by atomic mass is 10.2. The molecule has 2 aromatic carbocycles. The number of nitrogens with zero attached hydrogens (tertiary/aromatic N) is 5. The first-order valence-corrected chi connectivity index (χ1v) is 9.98. The predicted molar refractivity (Wildman–Crippen MR) is 116 cm³/mol. The molecule has 5 rings (SSSR count). The van der Waals surface area contributed by atoms with Crippen LogP contribution in [0.2, 0.25) is 0 Å². The van der Waals surface area contributed by atoms with Crippen LogP contribution in [-0.4, -0.2) is 24.3 Å². The Morgan fingerprint density at radius 1 is 1.00 bits per heavy atom. The molecule has 3 heterocycles. The highest BCUT2D eigenvalue weighted by Crippen LogP contribution is 2.30. The molecule has 0 spiro atoms. The number of para-hydroxylation sites is 1. The highest BCUT2D eigenvalue weighted by Gasteiger charge is 2.18. The van der Waals surface area contributed by atoms with Crippen molar-refractivity contribution in [3.05, 3.63) is 78.1 Å². The number of rotatable bonds is 5. The van der Waals surface area contributed by atoms with Crippen LogP contribution >= 0.6 is 0 Å². The van der Waals surface area contributed by atoms with Crippen molar-refractivity contribution in [1.82, 2.24) is 24.3 Å². The molecular weight excluding hydrogens is 379 g/mol. The molecule has 30 heavy (non-hydrogen) atoms. The number of fused-ring (bicyclic) bond motifs is 3. The molecule has 0 amide bonds. The smallest absolute Gasteiger partial charge is 0.152 e. The van der Waals surface area contributed by atoms with Crippen LogP contribution in [0.15, 0.2) is 60.8 Å². The topological polar surface area (TPSA) is 74.6 Å². The third kappa shape index (κ3) is 2.99. The molecule has 0 radical (unpaired) electrons. The molecule has 0 atom stereocenters. The third-order valence-electron chi connectivity index (χ3n) is 5.28. The molecule has 150 valence electrons. The van der Waals surface area contributed by atoms with Crippen LogP contribution in [0.3, 0.4) is 0 Å². The molecule has 0 unspecified atom stereocenters. The standard InChI is InChI=1S/C23H21FN6/c1-2-5-20-28-21-22(18-6-3-4-7-19(18)27-23(21)25)29(20)14-17-12-13-26-30(17)16-10-8-15(24)9-11-16/h3-4,6-13H,2,5,14H2,1H3,(H2,25,27). The number of anilines is 1. The molecule has 0 bridgehead atoms. The van der Waals surface area contributed by atoms with Crippen molar-refractivity contribution in [2.24, 2.45) is 0 Å². The molecule has 2 N–H and O–H groups in total. The molecule has 0 saturated carbocycles.